The van der Waals surface area contributed by atoms with Crippen molar-refractivity contribution in [1.82, 2.24) is 10.2 Å². The number of piperidine rings is 1. The first kappa shape index (κ1) is 21.2. The maximum Gasteiger partial charge on any atom is 0.260 e. The van der Waals surface area contributed by atoms with Crippen LogP contribution in [0.4, 0.5) is 0 Å². The van der Waals surface area contributed by atoms with Gasteiger partial charge in [-0.15, -0.1) is 0 Å². The number of hydrogen-bond donors (Lipinski definition) is 2. The zero-order chi connectivity index (χ0) is 19.9. The summed E-state index contributed by atoms with van der Waals surface area (Å²) in [5, 5.41) is 2.89. The van der Waals surface area contributed by atoms with Crippen LogP contribution in [0.5, 0.6) is 5.75 Å². The predicted molar refractivity (Wildman–Crippen MR) is 107 cm³/mol. The van der Waals surface area contributed by atoms with E-state index in [1.165, 1.54) is 0 Å². The van der Waals surface area contributed by atoms with Crippen molar-refractivity contribution in [3.8, 4) is 5.75 Å². The van der Waals surface area contributed by atoms with E-state index in [0.717, 1.165) is 30.6 Å². The number of hydrogen-bond acceptors (Lipinski definition) is 4. The van der Waals surface area contributed by atoms with Gasteiger partial charge in [-0.3, -0.25) is 9.59 Å². The topological polar surface area (TPSA) is 84.7 Å². The van der Waals surface area contributed by atoms with Gasteiger partial charge in [-0.2, -0.15) is 0 Å². The molecule has 1 aromatic rings. The number of benzene rings is 1. The van der Waals surface area contributed by atoms with Crippen LogP contribution in [0.25, 0.3) is 0 Å². The Bertz CT molecular complexity index is 640. The summed E-state index contributed by atoms with van der Waals surface area (Å²) in [5.74, 6) is 0.658. The molecule has 1 saturated heterocycles. The van der Waals surface area contributed by atoms with Crippen LogP contribution in [0.3, 0.4) is 0 Å². The van der Waals surface area contributed by atoms with Crippen molar-refractivity contribution in [3.63, 3.8) is 0 Å². The smallest absolute Gasteiger partial charge is 0.260 e. The molecule has 6 nitrogen and oxygen atoms in total. The van der Waals surface area contributed by atoms with Gasteiger partial charge in [0, 0.05) is 32.1 Å². The Morgan fingerprint density at radius 2 is 2.00 bits per heavy atom. The second-order valence-electron chi connectivity index (χ2n) is 8.11. The third-order valence-electron chi connectivity index (χ3n) is 4.90. The monoisotopic (exact) mass is 375 g/mol. The van der Waals surface area contributed by atoms with E-state index >= 15 is 0 Å². The molecule has 0 aliphatic carbocycles. The second-order valence-corrected chi connectivity index (χ2v) is 8.11. The molecule has 0 bridgehead atoms. The normalized spacial score (nSPS) is 17.5. The Kier molecular flexibility index (Phi) is 7.66. The fourth-order valence-corrected chi connectivity index (χ4v) is 3.43. The summed E-state index contributed by atoms with van der Waals surface area (Å²) in [7, 11) is 0. The molecule has 1 aliphatic rings. The molecule has 1 aliphatic heterocycles. The fourth-order valence-electron chi connectivity index (χ4n) is 3.43. The molecule has 0 saturated carbocycles. The number of carbonyl (C=O) groups is 2. The Morgan fingerprint density at radius 1 is 1.26 bits per heavy atom. The molecule has 3 N–H and O–H groups in total. The van der Waals surface area contributed by atoms with Crippen LogP contribution in [0, 0.1) is 0 Å². The van der Waals surface area contributed by atoms with Crippen LogP contribution >= 0.6 is 0 Å². The lowest BCUT2D eigenvalue weighted by Gasteiger charge is -2.36. The Balaban J connectivity index is 1.96. The summed E-state index contributed by atoms with van der Waals surface area (Å²) >= 11 is 0. The van der Waals surface area contributed by atoms with E-state index in [0.29, 0.717) is 26.1 Å². The number of amides is 2. The first-order chi connectivity index (χ1) is 12.8. The summed E-state index contributed by atoms with van der Waals surface area (Å²) in [4.78, 5) is 26.3. The first-order valence-corrected chi connectivity index (χ1v) is 9.81. The minimum atomic E-state index is -0.0640. The molecular formula is C21H33N3O3. The Labute approximate surface area is 162 Å². The fraction of sp³-hybridized carbons (Fsp3) is 0.619. The summed E-state index contributed by atoms with van der Waals surface area (Å²) < 4.78 is 5.90. The standard InChI is InChI=1S/C21H33N3O3/c1-21(2,3)17-9-4-5-10-18(17)27-15-20(26)24-13-7-6-8-16(24)14-23-19(25)11-12-22/h4-5,9-10,16H,6-8,11-15,22H2,1-3H3,(H,23,25). The van der Waals surface area contributed by atoms with E-state index < -0.39 is 0 Å². The largest absolute Gasteiger partial charge is 0.483 e. The van der Waals surface area contributed by atoms with E-state index in [1.54, 1.807) is 0 Å². The number of nitrogens with one attached hydrogen (secondary N) is 1. The Hall–Kier alpha value is -2.08. The molecule has 1 fully saturated rings. The van der Waals surface area contributed by atoms with Crippen LogP contribution in [0.1, 0.15) is 52.0 Å². The van der Waals surface area contributed by atoms with Crippen LogP contribution in [0.2, 0.25) is 0 Å². The number of rotatable bonds is 7. The van der Waals surface area contributed by atoms with Crippen molar-refractivity contribution >= 4 is 11.8 Å². The maximum atomic E-state index is 12.8. The quantitative estimate of drug-likeness (QED) is 0.765. The van der Waals surface area contributed by atoms with Crippen molar-refractivity contribution < 1.29 is 14.3 Å². The van der Waals surface area contributed by atoms with Gasteiger partial charge in [0.25, 0.3) is 5.91 Å². The molecule has 0 aromatic heterocycles. The zero-order valence-corrected chi connectivity index (χ0v) is 16.8. The molecule has 6 heteroatoms. The van der Waals surface area contributed by atoms with Gasteiger partial charge in [0.1, 0.15) is 5.75 Å². The van der Waals surface area contributed by atoms with E-state index in [4.69, 9.17) is 10.5 Å². The van der Waals surface area contributed by atoms with Crippen molar-refractivity contribution in [2.45, 2.75) is 57.9 Å². The lowest BCUT2D eigenvalue weighted by Crippen LogP contribution is -2.50. The van der Waals surface area contributed by atoms with Crippen LogP contribution in [-0.2, 0) is 15.0 Å². The number of para-hydroxylation sites is 1. The SMILES string of the molecule is CC(C)(C)c1ccccc1OCC(=O)N1CCCCC1CNC(=O)CCN. The molecule has 0 spiro atoms. The number of likely N-dealkylation sites (tertiary alicyclic amines) is 1. The van der Waals surface area contributed by atoms with Gasteiger partial charge in [0.05, 0.1) is 0 Å². The highest BCUT2D eigenvalue weighted by Gasteiger charge is 2.27. The summed E-state index contributed by atoms with van der Waals surface area (Å²) in [5.41, 5.74) is 6.44. The molecular weight excluding hydrogens is 342 g/mol. The van der Waals surface area contributed by atoms with E-state index in [-0.39, 0.29) is 29.9 Å². The zero-order valence-electron chi connectivity index (χ0n) is 16.8. The minimum absolute atomic E-state index is 0.0142. The highest BCUT2D eigenvalue weighted by Crippen LogP contribution is 2.31. The summed E-state index contributed by atoms with van der Waals surface area (Å²) in [6.07, 6.45) is 3.26. The van der Waals surface area contributed by atoms with Crippen LogP contribution < -0.4 is 15.8 Å². The van der Waals surface area contributed by atoms with Crippen molar-refractivity contribution in [1.29, 1.82) is 0 Å². The molecule has 27 heavy (non-hydrogen) atoms. The van der Waals surface area contributed by atoms with E-state index in [1.807, 2.05) is 29.2 Å². The summed E-state index contributed by atoms with van der Waals surface area (Å²) in [6.45, 7) is 7.91. The van der Waals surface area contributed by atoms with E-state index in [9.17, 15) is 9.59 Å². The van der Waals surface area contributed by atoms with Gasteiger partial charge in [-0.05, 0) is 36.3 Å². The molecule has 1 unspecified atom stereocenters. The lowest BCUT2D eigenvalue weighted by molar-refractivity contribution is -0.137. The lowest BCUT2D eigenvalue weighted by atomic mass is 9.86. The van der Waals surface area contributed by atoms with Crippen molar-refractivity contribution in [3.05, 3.63) is 29.8 Å². The highest BCUT2D eigenvalue weighted by atomic mass is 16.5. The highest BCUT2D eigenvalue weighted by molar-refractivity contribution is 5.79. The van der Waals surface area contributed by atoms with Gasteiger partial charge >= 0.3 is 0 Å². The van der Waals surface area contributed by atoms with Gasteiger partial charge < -0.3 is 20.7 Å². The molecule has 1 heterocycles. The predicted octanol–water partition coefficient (Wildman–Crippen LogP) is 2.21. The molecule has 150 valence electrons. The third kappa shape index (κ3) is 6.24. The van der Waals surface area contributed by atoms with Crippen molar-refractivity contribution in [2.75, 3.05) is 26.2 Å². The van der Waals surface area contributed by atoms with Gasteiger partial charge in [-0.25, -0.2) is 0 Å². The molecule has 0 radical (unpaired) electrons. The third-order valence-corrected chi connectivity index (χ3v) is 4.90. The molecule has 2 amide bonds. The number of carbonyl (C=O) groups excluding carboxylic acids is 2. The van der Waals surface area contributed by atoms with Gasteiger partial charge in [0.2, 0.25) is 5.91 Å². The second kappa shape index (κ2) is 9.74. The van der Waals surface area contributed by atoms with Gasteiger partial charge in [0.15, 0.2) is 6.61 Å². The molecule has 1 aromatic carbocycles. The van der Waals surface area contributed by atoms with Crippen LogP contribution in [-0.4, -0.2) is 49.0 Å². The maximum absolute atomic E-state index is 12.8. The van der Waals surface area contributed by atoms with Gasteiger partial charge in [-0.1, -0.05) is 39.0 Å². The van der Waals surface area contributed by atoms with Crippen LogP contribution in [0.15, 0.2) is 24.3 Å². The number of ether oxygens (including phenoxy) is 1. The minimum Gasteiger partial charge on any atom is -0.483 e. The Morgan fingerprint density at radius 3 is 2.70 bits per heavy atom. The number of nitrogens with two attached hydrogens (primary N) is 1. The number of nitrogens with zero attached hydrogens (tertiary/aromatic N) is 1. The molecule has 1 atom stereocenters. The average molecular weight is 376 g/mol. The average Bonchev–Trinajstić information content (AvgIpc) is 2.64. The van der Waals surface area contributed by atoms with Crippen molar-refractivity contribution in [2.24, 2.45) is 5.73 Å². The molecule has 2 rings (SSSR count). The first-order valence-electron chi connectivity index (χ1n) is 9.81. The van der Waals surface area contributed by atoms with E-state index in [2.05, 4.69) is 26.1 Å². The summed E-state index contributed by atoms with van der Waals surface area (Å²) in [6, 6.07) is 7.88.